The lowest BCUT2D eigenvalue weighted by atomic mass is 9.53. The Bertz CT molecular complexity index is 1140. The second-order valence-corrected chi connectivity index (χ2v) is 11.9. The first-order chi connectivity index (χ1) is 19.0. The zero-order valence-electron chi connectivity index (χ0n) is 24.8. The molecule has 0 aliphatic heterocycles. The summed E-state index contributed by atoms with van der Waals surface area (Å²) in [4.78, 5) is 65.3. The van der Waals surface area contributed by atoms with E-state index in [1.54, 1.807) is 26.8 Å². The van der Waals surface area contributed by atoms with Crippen LogP contribution in [-0.4, -0.2) is 76.0 Å². The molecule has 10 atom stereocenters. The van der Waals surface area contributed by atoms with Crippen molar-refractivity contribution in [3.8, 4) is 0 Å². The highest BCUT2D eigenvalue weighted by molar-refractivity contribution is 5.98. The van der Waals surface area contributed by atoms with Crippen LogP contribution in [-0.2, 0) is 42.9 Å². The molecular formula is C30H42O11. The number of rotatable bonds is 8. The normalized spacial score (nSPS) is 39.5. The second-order valence-electron chi connectivity index (χ2n) is 11.9. The number of hydrogen-bond donors (Lipinski definition) is 2. The summed E-state index contributed by atoms with van der Waals surface area (Å²) in [7, 11) is 0. The van der Waals surface area contributed by atoms with E-state index in [9.17, 15) is 34.2 Å². The largest absolute Gasteiger partial charge is 0.462 e. The molecule has 41 heavy (non-hydrogen) atoms. The van der Waals surface area contributed by atoms with Gasteiger partial charge in [0.05, 0.1) is 17.9 Å². The second kappa shape index (κ2) is 11.7. The van der Waals surface area contributed by atoms with E-state index < -0.39 is 94.9 Å². The van der Waals surface area contributed by atoms with Crippen molar-refractivity contribution in [3.05, 3.63) is 24.3 Å². The first-order valence-electron chi connectivity index (χ1n) is 14.0. The number of aliphatic hydroxyl groups excluding tert-OH is 1. The highest BCUT2D eigenvalue weighted by Gasteiger charge is 2.78. The Balaban J connectivity index is 2.54. The summed E-state index contributed by atoms with van der Waals surface area (Å²) in [5, 5.41) is 23.7. The Morgan fingerprint density at radius 2 is 1.63 bits per heavy atom. The molecule has 0 saturated heterocycles. The zero-order chi connectivity index (χ0) is 31.1. The molecule has 2 fully saturated rings. The van der Waals surface area contributed by atoms with Crippen LogP contribution in [0.25, 0.3) is 0 Å². The van der Waals surface area contributed by atoms with E-state index in [1.165, 1.54) is 26.8 Å². The Morgan fingerprint density at radius 3 is 2.12 bits per heavy atom. The van der Waals surface area contributed by atoms with Crippen LogP contribution < -0.4 is 0 Å². The average Bonchev–Trinajstić information content (AvgIpc) is 3.09. The summed E-state index contributed by atoms with van der Waals surface area (Å²) >= 11 is 0. The van der Waals surface area contributed by atoms with Gasteiger partial charge in [-0.05, 0) is 32.3 Å². The van der Waals surface area contributed by atoms with Crippen molar-refractivity contribution in [2.45, 2.75) is 97.2 Å². The van der Waals surface area contributed by atoms with Crippen LogP contribution in [0.3, 0.4) is 0 Å². The van der Waals surface area contributed by atoms with Crippen molar-refractivity contribution < 1.29 is 53.1 Å². The van der Waals surface area contributed by atoms with E-state index in [4.69, 9.17) is 18.9 Å². The van der Waals surface area contributed by atoms with E-state index in [0.29, 0.717) is 12.0 Å². The molecule has 2 saturated carbocycles. The van der Waals surface area contributed by atoms with Gasteiger partial charge < -0.3 is 29.2 Å². The van der Waals surface area contributed by atoms with E-state index in [2.05, 4.69) is 6.58 Å². The van der Waals surface area contributed by atoms with Crippen LogP contribution in [0.5, 0.6) is 0 Å². The summed E-state index contributed by atoms with van der Waals surface area (Å²) < 4.78 is 23.4. The van der Waals surface area contributed by atoms with Gasteiger partial charge in [-0.3, -0.25) is 24.0 Å². The molecule has 3 rings (SSSR count). The van der Waals surface area contributed by atoms with Gasteiger partial charge in [-0.2, -0.15) is 0 Å². The highest BCUT2D eigenvalue weighted by atomic mass is 16.6. The van der Waals surface area contributed by atoms with Crippen LogP contribution in [0.4, 0.5) is 0 Å². The van der Waals surface area contributed by atoms with Crippen molar-refractivity contribution >= 4 is 29.7 Å². The van der Waals surface area contributed by atoms with Crippen LogP contribution in [0.2, 0.25) is 0 Å². The third-order valence-corrected chi connectivity index (χ3v) is 8.82. The minimum atomic E-state index is -2.35. The predicted molar refractivity (Wildman–Crippen MR) is 144 cm³/mol. The molecule has 0 heterocycles. The number of aliphatic hydroxyl groups is 2. The minimum Gasteiger partial charge on any atom is -0.462 e. The highest BCUT2D eigenvalue weighted by Crippen LogP contribution is 2.63. The lowest BCUT2D eigenvalue weighted by Gasteiger charge is -2.55. The van der Waals surface area contributed by atoms with Gasteiger partial charge in [0.1, 0.15) is 23.9 Å². The van der Waals surface area contributed by atoms with Gasteiger partial charge in [-0.1, -0.05) is 32.1 Å². The smallest absolute Gasteiger partial charge is 0.306 e. The SMILES string of the molecule is C=C(C)[C@H]1C=C[C@@H](OC(C)=O)[C@@]2(CO)[C@H](OC(=O)CCC)[C@H]3[C@@H](OC(C)=O)[C@@H](C)C[C@]3(OC(C)=O)C(=O)[C@@](C)(O)[C@H]12. The molecular weight excluding hydrogens is 536 g/mol. The van der Waals surface area contributed by atoms with Gasteiger partial charge in [0.2, 0.25) is 5.78 Å². The van der Waals surface area contributed by atoms with Crippen molar-refractivity contribution in [2.24, 2.45) is 29.1 Å². The maximum absolute atomic E-state index is 14.7. The number of ketones is 1. The first kappa shape index (κ1) is 32.5. The molecule has 0 bridgehead atoms. The fraction of sp³-hybridized carbons (Fsp3) is 0.700. The molecule has 0 aromatic rings. The van der Waals surface area contributed by atoms with Crippen LogP contribution >= 0.6 is 0 Å². The average molecular weight is 579 g/mol. The van der Waals surface area contributed by atoms with Crippen molar-refractivity contribution in [1.82, 2.24) is 0 Å². The fourth-order valence-electron chi connectivity index (χ4n) is 7.58. The molecule has 228 valence electrons. The Morgan fingerprint density at radius 1 is 1.02 bits per heavy atom. The molecule has 0 amide bonds. The number of hydrogen-bond acceptors (Lipinski definition) is 11. The van der Waals surface area contributed by atoms with Gasteiger partial charge in [-0.25, -0.2) is 0 Å². The Kier molecular flexibility index (Phi) is 9.25. The molecule has 11 nitrogen and oxygen atoms in total. The Hall–Kier alpha value is -3.05. The molecule has 0 spiro atoms. The summed E-state index contributed by atoms with van der Waals surface area (Å²) in [5.41, 5.74) is -5.82. The zero-order valence-corrected chi connectivity index (χ0v) is 24.8. The molecule has 0 aromatic heterocycles. The topological polar surface area (TPSA) is 163 Å². The lowest BCUT2D eigenvalue weighted by molar-refractivity contribution is -0.221. The van der Waals surface area contributed by atoms with Crippen LogP contribution in [0.1, 0.15) is 67.7 Å². The summed E-state index contributed by atoms with van der Waals surface area (Å²) in [5.74, 6) is -7.87. The van der Waals surface area contributed by atoms with Crippen LogP contribution in [0.15, 0.2) is 24.3 Å². The number of Topliss-reactive ketones (excluding diaryl/α,β-unsaturated/α-hetero) is 1. The first-order valence-corrected chi connectivity index (χ1v) is 14.0. The van der Waals surface area contributed by atoms with Gasteiger partial charge in [-0.15, -0.1) is 0 Å². The van der Waals surface area contributed by atoms with Crippen molar-refractivity contribution in [2.75, 3.05) is 6.61 Å². The molecule has 0 radical (unpaired) electrons. The molecule has 0 unspecified atom stereocenters. The monoisotopic (exact) mass is 578 g/mol. The Labute approximate surface area is 240 Å². The summed E-state index contributed by atoms with van der Waals surface area (Å²) in [6.07, 6.45) is -0.607. The molecule has 0 aromatic carbocycles. The molecule has 2 N–H and O–H groups in total. The van der Waals surface area contributed by atoms with E-state index in [1.807, 2.05) is 0 Å². The quantitative estimate of drug-likeness (QED) is 0.247. The third-order valence-electron chi connectivity index (χ3n) is 8.82. The number of esters is 4. The van der Waals surface area contributed by atoms with Gasteiger partial charge in [0.15, 0.2) is 5.60 Å². The number of carbonyl (C=O) groups excluding carboxylic acids is 5. The summed E-state index contributed by atoms with van der Waals surface area (Å²) in [6, 6.07) is 0. The molecule has 3 aliphatic rings. The van der Waals surface area contributed by atoms with E-state index >= 15 is 0 Å². The lowest BCUT2D eigenvalue weighted by Crippen LogP contribution is -2.65. The molecule has 3 aliphatic carbocycles. The summed E-state index contributed by atoms with van der Waals surface area (Å²) in [6.45, 7) is 13.0. The third kappa shape index (κ3) is 5.34. The van der Waals surface area contributed by atoms with Gasteiger partial charge in [0, 0.05) is 45.4 Å². The number of allylic oxidation sites excluding steroid dienone is 2. The van der Waals surface area contributed by atoms with Crippen LogP contribution in [0, 0.1) is 29.1 Å². The van der Waals surface area contributed by atoms with E-state index in [-0.39, 0.29) is 12.8 Å². The maximum Gasteiger partial charge on any atom is 0.306 e. The van der Waals surface area contributed by atoms with E-state index in [0.717, 1.165) is 6.92 Å². The minimum absolute atomic E-state index is 0.0356. The number of fused-ring (bicyclic) bond motifs is 2. The fourth-order valence-corrected chi connectivity index (χ4v) is 7.58. The maximum atomic E-state index is 14.7. The standard InChI is InChI=1S/C30H42O11/c1-9-10-22(35)40-26-23-24(39-18(6)33)16(4)13-30(23,41-19(7)34)27(36)28(8,37)25-20(15(2)3)11-12-21(38-17(5)32)29(25,26)14-31/h11-12,16,20-21,23-26,31,37H,2,9-10,13-14H2,1,3-8H3/t16-,20+,21+,23+,24-,25-,26+,28-,29+,30+/m0/s1. The van der Waals surface area contributed by atoms with Crippen molar-refractivity contribution in [3.63, 3.8) is 0 Å². The van der Waals surface area contributed by atoms with Crippen molar-refractivity contribution in [1.29, 1.82) is 0 Å². The van der Waals surface area contributed by atoms with Gasteiger partial charge >= 0.3 is 23.9 Å². The number of ether oxygens (including phenoxy) is 4. The predicted octanol–water partition coefficient (Wildman–Crippen LogP) is 2.21. The number of carbonyl (C=O) groups is 5. The van der Waals surface area contributed by atoms with Gasteiger partial charge in [0.25, 0.3) is 0 Å². The molecule has 11 heteroatoms.